The molecule has 1 amide bonds. The van der Waals surface area contributed by atoms with E-state index in [-0.39, 0.29) is 16.5 Å². The Morgan fingerprint density at radius 2 is 2.37 bits per heavy atom. The minimum Gasteiger partial charge on any atom is -0.338 e. The molecule has 0 aliphatic carbocycles. The van der Waals surface area contributed by atoms with Gasteiger partial charge in [0.25, 0.3) is 5.91 Å². The molecule has 0 aromatic heterocycles. The van der Waals surface area contributed by atoms with Crippen LogP contribution in [0.3, 0.4) is 0 Å². The standard InChI is InChI=1S/C14H18ClFN2O/c1-17-8-10-4-3-7-18(9-10)14(19)11-5-2-6-12(16)13(11)15/h2,5-6,10,17H,3-4,7-9H2,1H3/t10-/m0/s1. The number of amides is 1. The summed E-state index contributed by atoms with van der Waals surface area (Å²) in [6, 6.07) is 4.36. The fraction of sp³-hybridized carbons (Fsp3) is 0.500. The second kappa shape index (κ2) is 6.35. The van der Waals surface area contributed by atoms with Crippen molar-refractivity contribution in [2.24, 2.45) is 5.92 Å². The molecule has 0 unspecified atom stereocenters. The fourth-order valence-electron chi connectivity index (χ4n) is 2.54. The van der Waals surface area contributed by atoms with Gasteiger partial charge >= 0.3 is 0 Å². The molecule has 1 aromatic carbocycles. The van der Waals surface area contributed by atoms with Crippen LogP contribution in [-0.4, -0.2) is 37.5 Å². The highest BCUT2D eigenvalue weighted by molar-refractivity contribution is 6.34. The average molecular weight is 285 g/mol. The Balaban J connectivity index is 2.12. The number of carbonyl (C=O) groups excluding carboxylic acids is 1. The third-order valence-electron chi connectivity index (χ3n) is 3.48. The number of hydrogen-bond donors (Lipinski definition) is 1. The minimum atomic E-state index is -0.545. The van der Waals surface area contributed by atoms with Gasteiger partial charge in [0.15, 0.2) is 0 Å². The molecule has 19 heavy (non-hydrogen) atoms. The highest BCUT2D eigenvalue weighted by Crippen LogP contribution is 2.24. The van der Waals surface area contributed by atoms with Crippen molar-refractivity contribution in [2.75, 3.05) is 26.7 Å². The maximum absolute atomic E-state index is 13.4. The first-order valence-corrected chi connectivity index (χ1v) is 6.89. The number of benzene rings is 1. The average Bonchev–Trinajstić information content (AvgIpc) is 2.42. The van der Waals surface area contributed by atoms with Gasteiger partial charge in [-0.1, -0.05) is 17.7 Å². The molecule has 0 spiro atoms. The summed E-state index contributed by atoms with van der Waals surface area (Å²) in [5.41, 5.74) is 0.256. The molecule has 1 atom stereocenters. The van der Waals surface area contributed by atoms with E-state index in [0.29, 0.717) is 19.0 Å². The lowest BCUT2D eigenvalue weighted by molar-refractivity contribution is 0.0674. The Bertz CT molecular complexity index is 465. The number of nitrogens with one attached hydrogen (secondary N) is 1. The molecular formula is C14H18ClFN2O. The molecule has 0 bridgehead atoms. The van der Waals surface area contributed by atoms with Gasteiger partial charge in [0, 0.05) is 13.1 Å². The molecule has 0 saturated carbocycles. The molecule has 1 fully saturated rings. The van der Waals surface area contributed by atoms with Crippen LogP contribution in [0, 0.1) is 11.7 Å². The van der Waals surface area contributed by atoms with Gasteiger partial charge in [-0.25, -0.2) is 4.39 Å². The van der Waals surface area contributed by atoms with Crippen molar-refractivity contribution in [1.82, 2.24) is 10.2 Å². The van der Waals surface area contributed by atoms with Gasteiger partial charge in [-0.3, -0.25) is 4.79 Å². The Morgan fingerprint density at radius 3 is 3.11 bits per heavy atom. The van der Waals surface area contributed by atoms with Crippen LogP contribution in [0.25, 0.3) is 0 Å². The lowest BCUT2D eigenvalue weighted by Crippen LogP contribution is -2.42. The highest BCUT2D eigenvalue weighted by atomic mass is 35.5. The summed E-state index contributed by atoms with van der Waals surface area (Å²) in [6.45, 7) is 2.30. The molecule has 5 heteroatoms. The molecule has 3 nitrogen and oxygen atoms in total. The van der Waals surface area contributed by atoms with E-state index in [1.807, 2.05) is 7.05 Å². The molecule has 1 N–H and O–H groups in total. The largest absolute Gasteiger partial charge is 0.338 e. The Kier molecular flexibility index (Phi) is 4.77. The fourth-order valence-corrected chi connectivity index (χ4v) is 2.75. The number of rotatable bonds is 3. The lowest BCUT2D eigenvalue weighted by atomic mass is 9.97. The number of hydrogen-bond acceptors (Lipinski definition) is 2. The van der Waals surface area contributed by atoms with Gasteiger partial charge in [0.2, 0.25) is 0 Å². The van der Waals surface area contributed by atoms with E-state index in [1.165, 1.54) is 12.1 Å². The van der Waals surface area contributed by atoms with Crippen molar-refractivity contribution >= 4 is 17.5 Å². The van der Waals surface area contributed by atoms with Gasteiger partial charge in [-0.2, -0.15) is 0 Å². The van der Waals surface area contributed by atoms with E-state index >= 15 is 0 Å². The third kappa shape index (κ3) is 3.25. The smallest absolute Gasteiger partial charge is 0.255 e. The monoisotopic (exact) mass is 284 g/mol. The summed E-state index contributed by atoms with van der Waals surface area (Å²) in [4.78, 5) is 14.1. The molecule has 1 aliphatic rings. The topological polar surface area (TPSA) is 32.3 Å². The van der Waals surface area contributed by atoms with Crippen molar-refractivity contribution in [3.05, 3.63) is 34.6 Å². The molecule has 0 radical (unpaired) electrons. The summed E-state index contributed by atoms with van der Waals surface area (Å²) in [5, 5.41) is 3.05. The Hall–Kier alpha value is -1.13. The molecule has 1 saturated heterocycles. The molecular weight excluding hydrogens is 267 g/mol. The van der Waals surface area contributed by atoms with Gasteiger partial charge in [0.05, 0.1) is 10.6 Å². The molecule has 104 valence electrons. The van der Waals surface area contributed by atoms with Crippen molar-refractivity contribution in [1.29, 1.82) is 0 Å². The van der Waals surface area contributed by atoms with Gasteiger partial charge in [-0.05, 0) is 44.5 Å². The zero-order chi connectivity index (χ0) is 13.8. The molecule has 1 aliphatic heterocycles. The van der Waals surface area contributed by atoms with E-state index in [9.17, 15) is 9.18 Å². The van der Waals surface area contributed by atoms with Gasteiger partial charge < -0.3 is 10.2 Å². The van der Waals surface area contributed by atoms with Crippen LogP contribution in [0.4, 0.5) is 4.39 Å². The van der Waals surface area contributed by atoms with E-state index in [2.05, 4.69) is 5.32 Å². The zero-order valence-electron chi connectivity index (χ0n) is 11.0. The van der Waals surface area contributed by atoms with Crippen LogP contribution in [-0.2, 0) is 0 Å². The van der Waals surface area contributed by atoms with E-state index < -0.39 is 5.82 Å². The number of carbonyl (C=O) groups is 1. The first-order chi connectivity index (χ1) is 9.13. The minimum absolute atomic E-state index is 0.0803. The highest BCUT2D eigenvalue weighted by Gasteiger charge is 2.25. The van der Waals surface area contributed by atoms with Gasteiger partial charge in [0.1, 0.15) is 5.82 Å². The van der Waals surface area contributed by atoms with Crippen LogP contribution >= 0.6 is 11.6 Å². The Morgan fingerprint density at radius 1 is 1.58 bits per heavy atom. The van der Waals surface area contributed by atoms with Crippen molar-refractivity contribution in [3.8, 4) is 0 Å². The maximum atomic E-state index is 13.4. The molecule has 1 aromatic rings. The normalized spacial score (nSPS) is 19.5. The molecule has 1 heterocycles. The van der Waals surface area contributed by atoms with Gasteiger partial charge in [-0.15, -0.1) is 0 Å². The number of likely N-dealkylation sites (tertiary alicyclic amines) is 1. The van der Waals surface area contributed by atoms with Crippen molar-refractivity contribution in [3.63, 3.8) is 0 Å². The van der Waals surface area contributed by atoms with Crippen LogP contribution in [0.15, 0.2) is 18.2 Å². The quantitative estimate of drug-likeness (QED) is 0.925. The van der Waals surface area contributed by atoms with Crippen LogP contribution in [0.1, 0.15) is 23.2 Å². The van der Waals surface area contributed by atoms with E-state index in [0.717, 1.165) is 19.4 Å². The summed E-state index contributed by atoms with van der Waals surface area (Å²) in [7, 11) is 1.91. The number of nitrogens with zero attached hydrogens (tertiary/aromatic N) is 1. The number of halogens is 2. The predicted octanol–water partition coefficient (Wildman–Crippen LogP) is 2.55. The summed E-state index contributed by atoms with van der Waals surface area (Å²) in [5.74, 6) is -0.267. The second-order valence-corrected chi connectivity index (χ2v) is 5.30. The summed E-state index contributed by atoms with van der Waals surface area (Å²) < 4.78 is 13.4. The second-order valence-electron chi connectivity index (χ2n) is 4.92. The van der Waals surface area contributed by atoms with Crippen molar-refractivity contribution < 1.29 is 9.18 Å². The van der Waals surface area contributed by atoms with E-state index in [4.69, 9.17) is 11.6 Å². The zero-order valence-corrected chi connectivity index (χ0v) is 11.7. The van der Waals surface area contributed by atoms with Crippen LogP contribution in [0.5, 0.6) is 0 Å². The molecule has 2 rings (SSSR count). The third-order valence-corrected chi connectivity index (χ3v) is 3.87. The number of piperidine rings is 1. The maximum Gasteiger partial charge on any atom is 0.255 e. The SMILES string of the molecule is CNC[C@@H]1CCCN(C(=O)c2cccc(F)c2Cl)C1. The van der Waals surface area contributed by atoms with Crippen LogP contribution < -0.4 is 5.32 Å². The lowest BCUT2D eigenvalue weighted by Gasteiger charge is -2.33. The van der Waals surface area contributed by atoms with E-state index in [1.54, 1.807) is 11.0 Å². The Labute approximate surface area is 117 Å². The van der Waals surface area contributed by atoms with Crippen molar-refractivity contribution in [2.45, 2.75) is 12.8 Å². The summed E-state index contributed by atoms with van der Waals surface area (Å²) >= 11 is 5.87. The first-order valence-electron chi connectivity index (χ1n) is 6.51. The van der Waals surface area contributed by atoms with Crippen LogP contribution in [0.2, 0.25) is 5.02 Å². The predicted molar refractivity (Wildman–Crippen MR) is 74.0 cm³/mol. The summed E-state index contributed by atoms with van der Waals surface area (Å²) in [6.07, 6.45) is 2.09. The first kappa shape index (κ1) is 14.3.